The number of amides is 2. The van der Waals surface area contributed by atoms with Gasteiger partial charge in [-0.25, -0.2) is 10.2 Å². The van der Waals surface area contributed by atoms with Crippen molar-refractivity contribution in [3.8, 4) is 0 Å². The molecule has 14 heavy (non-hydrogen) atoms. The van der Waals surface area contributed by atoms with Crippen molar-refractivity contribution in [1.82, 2.24) is 5.43 Å². The van der Waals surface area contributed by atoms with Crippen LogP contribution in [0, 0.1) is 5.41 Å². The van der Waals surface area contributed by atoms with Crippen molar-refractivity contribution in [1.29, 1.82) is 0 Å². The average molecular weight is 201 g/mol. The largest absolute Gasteiger partial charge is 0.354 e. The van der Waals surface area contributed by atoms with E-state index < -0.39 is 6.03 Å². The molecule has 0 saturated carbocycles. The number of hydrogen-bond donors (Lipinski definition) is 2. The molecule has 1 fully saturated rings. The summed E-state index contributed by atoms with van der Waals surface area (Å²) in [6, 6.07) is -0.675. The minimum absolute atomic E-state index is 0.291. The van der Waals surface area contributed by atoms with Crippen LogP contribution in [0.25, 0.3) is 0 Å². The molecule has 0 aromatic heterocycles. The van der Waals surface area contributed by atoms with E-state index in [0.717, 1.165) is 5.71 Å². The van der Waals surface area contributed by atoms with E-state index in [4.69, 9.17) is 15.2 Å². The van der Waals surface area contributed by atoms with Crippen LogP contribution in [0.2, 0.25) is 0 Å². The summed E-state index contributed by atoms with van der Waals surface area (Å²) in [4.78, 5) is 10.4. The quantitative estimate of drug-likeness (QED) is 0.488. The molecule has 0 spiro atoms. The van der Waals surface area contributed by atoms with Crippen LogP contribution < -0.4 is 11.2 Å². The Morgan fingerprint density at radius 2 is 2.07 bits per heavy atom. The first-order chi connectivity index (χ1) is 6.54. The molecule has 1 heterocycles. The van der Waals surface area contributed by atoms with Crippen LogP contribution in [0.5, 0.6) is 0 Å². The Kier molecular flexibility index (Phi) is 3.43. The van der Waals surface area contributed by atoms with Crippen LogP contribution >= 0.6 is 0 Å². The minimum Gasteiger partial charge on any atom is -0.354 e. The summed E-state index contributed by atoms with van der Waals surface area (Å²) < 4.78 is 10.3. The minimum atomic E-state index is -0.675. The second-order valence-corrected chi connectivity index (χ2v) is 3.55. The van der Waals surface area contributed by atoms with Crippen molar-refractivity contribution in [2.45, 2.75) is 13.8 Å². The molecule has 3 N–H and O–H groups in total. The molecular formula is C8H15N3O3. The van der Waals surface area contributed by atoms with Crippen molar-refractivity contribution in [3.05, 3.63) is 0 Å². The van der Waals surface area contributed by atoms with Gasteiger partial charge >= 0.3 is 6.03 Å². The highest BCUT2D eigenvalue weighted by Crippen LogP contribution is 2.22. The summed E-state index contributed by atoms with van der Waals surface area (Å²) in [6.45, 7) is 5.12. The van der Waals surface area contributed by atoms with Gasteiger partial charge in [-0.1, -0.05) is 0 Å². The normalized spacial score (nSPS) is 21.7. The fourth-order valence-corrected chi connectivity index (χ4v) is 1.12. The fraction of sp³-hybridized carbons (Fsp3) is 0.750. The zero-order chi connectivity index (χ0) is 10.6. The van der Waals surface area contributed by atoms with E-state index in [0.29, 0.717) is 20.0 Å². The van der Waals surface area contributed by atoms with E-state index in [1.807, 2.05) is 6.92 Å². The summed E-state index contributed by atoms with van der Waals surface area (Å²) in [6.07, 6.45) is 0. The molecule has 2 amide bonds. The maximum Gasteiger partial charge on any atom is 0.332 e. The second kappa shape index (κ2) is 4.39. The van der Waals surface area contributed by atoms with Gasteiger partial charge in [0, 0.05) is 5.71 Å². The molecule has 0 aliphatic carbocycles. The van der Waals surface area contributed by atoms with E-state index in [9.17, 15) is 4.79 Å². The summed E-state index contributed by atoms with van der Waals surface area (Å²) in [5.41, 5.74) is 7.52. The molecule has 1 aliphatic rings. The number of carbonyl (C=O) groups is 1. The predicted octanol–water partition coefficient (Wildman–Crippen LogP) is 0.0412. The first kappa shape index (κ1) is 10.9. The molecule has 0 radical (unpaired) electrons. The van der Waals surface area contributed by atoms with Gasteiger partial charge in [0.15, 0.2) is 0 Å². The fourth-order valence-electron chi connectivity index (χ4n) is 1.12. The predicted molar refractivity (Wildman–Crippen MR) is 50.7 cm³/mol. The van der Waals surface area contributed by atoms with Crippen LogP contribution in [0.15, 0.2) is 5.10 Å². The number of nitrogens with zero attached hydrogens (tertiary/aromatic N) is 1. The van der Waals surface area contributed by atoms with Crippen LogP contribution in [-0.4, -0.2) is 31.7 Å². The van der Waals surface area contributed by atoms with Crippen molar-refractivity contribution >= 4 is 11.7 Å². The lowest BCUT2D eigenvalue weighted by Crippen LogP contribution is -2.41. The number of hydrazone groups is 1. The number of nitrogens with one attached hydrogen (secondary N) is 1. The third kappa shape index (κ3) is 2.68. The SMILES string of the molecule is C/C(=N\NC(N)=O)C1(C)COCOC1. The maximum absolute atomic E-state index is 10.4. The third-order valence-corrected chi connectivity index (χ3v) is 2.22. The molecule has 0 aromatic rings. The Bertz CT molecular complexity index is 246. The Morgan fingerprint density at radius 3 is 2.57 bits per heavy atom. The number of carbonyl (C=O) groups excluding carboxylic acids is 1. The Labute approximate surface area is 82.4 Å². The van der Waals surface area contributed by atoms with Gasteiger partial charge in [0.1, 0.15) is 6.79 Å². The molecular weight excluding hydrogens is 186 g/mol. The number of ether oxygens (including phenoxy) is 2. The number of nitrogens with two attached hydrogens (primary N) is 1. The second-order valence-electron chi connectivity index (χ2n) is 3.55. The van der Waals surface area contributed by atoms with Crippen LogP contribution in [0.1, 0.15) is 13.8 Å². The molecule has 6 heteroatoms. The Hall–Kier alpha value is -1.14. The summed E-state index contributed by atoms with van der Waals surface area (Å²) in [7, 11) is 0. The van der Waals surface area contributed by atoms with Gasteiger partial charge in [-0.2, -0.15) is 5.10 Å². The molecule has 0 unspecified atom stereocenters. The van der Waals surface area contributed by atoms with E-state index in [1.165, 1.54) is 0 Å². The topological polar surface area (TPSA) is 85.9 Å². The van der Waals surface area contributed by atoms with E-state index in [1.54, 1.807) is 6.92 Å². The Morgan fingerprint density at radius 1 is 1.50 bits per heavy atom. The first-order valence-corrected chi connectivity index (χ1v) is 4.30. The highest BCUT2D eigenvalue weighted by atomic mass is 16.7. The van der Waals surface area contributed by atoms with E-state index in [2.05, 4.69) is 10.5 Å². The summed E-state index contributed by atoms with van der Waals surface area (Å²) in [5.74, 6) is 0. The lowest BCUT2D eigenvalue weighted by Gasteiger charge is -2.32. The molecule has 1 aliphatic heterocycles. The number of hydrogen-bond acceptors (Lipinski definition) is 4. The van der Waals surface area contributed by atoms with Crippen molar-refractivity contribution in [2.75, 3.05) is 20.0 Å². The van der Waals surface area contributed by atoms with Gasteiger partial charge in [-0.15, -0.1) is 0 Å². The summed E-state index contributed by atoms with van der Waals surface area (Å²) in [5, 5.41) is 3.85. The van der Waals surface area contributed by atoms with E-state index >= 15 is 0 Å². The van der Waals surface area contributed by atoms with Crippen molar-refractivity contribution in [2.24, 2.45) is 16.3 Å². The molecule has 1 rings (SSSR count). The smallest absolute Gasteiger partial charge is 0.332 e. The third-order valence-electron chi connectivity index (χ3n) is 2.22. The maximum atomic E-state index is 10.4. The van der Waals surface area contributed by atoms with Gasteiger partial charge in [-0.05, 0) is 13.8 Å². The average Bonchev–Trinajstić information content (AvgIpc) is 2.15. The van der Waals surface area contributed by atoms with Gasteiger partial charge in [-0.3, -0.25) is 0 Å². The van der Waals surface area contributed by atoms with Crippen LogP contribution in [0.3, 0.4) is 0 Å². The molecule has 0 atom stereocenters. The van der Waals surface area contributed by atoms with Gasteiger partial charge in [0.05, 0.1) is 18.6 Å². The standard InChI is InChI=1S/C8H15N3O3/c1-6(10-11-7(9)12)8(2)3-13-5-14-4-8/h3-5H2,1-2H3,(H3,9,11,12)/b10-6+. The zero-order valence-electron chi connectivity index (χ0n) is 8.37. The first-order valence-electron chi connectivity index (χ1n) is 4.30. The van der Waals surface area contributed by atoms with Gasteiger partial charge < -0.3 is 15.2 Å². The molecule has 6 nitrogen and oxygen atoms in total. The highest BCUT2D eigenvalue weighted by Gasteiger charge is 2.31. The Balaban J connectivity index is 2.60. The lowest BCUT2D eigenvalue weighted by molar-refractivity contribution is -0.138. The lowest BCUT2D eigenvalue weighted by atomic mass is 9.87. The number of primary amides is 1. The van der Waals surface area contributed by atoms with Crippen molar-refractivity contribution < 1.29 is 14.3 Å². The zero-order valence-corrected chi connectivity index (χ0v) is 8.37. The van der Waals surface area contributed by atoms with E-state index in [-0.39, 0.29) is 5.41 Å². The van der Waals surface area contributed by atoms with Gasteiger partial charge in [0.2, 0.25) is 0 Å². The van der Waals surface area contributed by atoms with Crippen molar-refractivity contribution in [3.63, 3.8) is 0 Å². The monoisotopic (exact) mass is 201 g/mol. The molecule has 80 valence electrons. The van der Waals surface area contributed by atoms with Crippen LogP contribution in [-0.2, 0) is 9.47 Å². The molecule has 1 saturated heterocycles. The molecule has 0 bridgehead atoms. The molecule has 0 aromatic carbocycles. The number of rotatable bonds is 2. The van der Waals surface area contributed by atoms with Crippen LogP contribution in [0.4, 0.5) is 4.79 Å². The number of urea groups is 1. The highest BCUT2D eigenvalue weighted by molar-refractivity contribution is 5.89. The summed E-state index contributed by atoms with van der Waals surface area (Å²) >= 11 is 0. The van der Waals surface area contributed by atoms with Gasteiger partial charge in [0.25, 0.3) is 0 Å².